The van der Waals surface area contributed by atoms with Crippen molar-refractivity contribution < 1.29 is 28.5 Å². The minimum absolute atomic E-state index is 0.248. The third-order valence-electron chi connectivity index (χ3n) is 3.96. The molecule has 0 rings (SSSR count). The first-order chi connectivity index (χ1) is 11.5. The fourth-order valence-corrected chi connectivity index (χ4v) is 2.86. The Balaban J connectivity index is 6.04. The molecule has 0 N–H and O–H groups in total. The van der Waals surface area contributed by atoms with Gasteiger partial charge in [0.25, 0.3) is 0 Å². The second-order valence-electron chi connectivity index (χ2n) is 5.50. The summed E-state index contributed by atoms with van der Waals surface area (Å²) in [6, 6.07) is 0. The third kappa shape index (κ3) is 4.70. The molecule has 6 heteroatoms. The van der Waals surface area contributed by atoms with Crippen molar-refractivity contribution in [1.82, 2.24) is 0 Å². The number of carbonyl (C=O) groups excluding carboxylic acids is 2. The van der Waals surface area contributed by atoms with Gasteiger partial charge in [-0.3, -0.25) is 0 Å². The van der Waals surface area contributed by atoms with Crippen LogP contribution in [0.4, 0.5) is 0 Å². The van der Waals surface area contributed by atoms with E-state index in [1.165, 1.54) is 0 Å². The molecule has 0 radical (unpaired) electrons. The fourth-order valence-electron chi connectivity index (χ4n) is 2.86. The first kappa shape index (κ1) is 22.9. The first-order valence-corrected chi connectivity index (χ1v) is 9.08. The van der Waals surface area contributed by atoms with Crippen molar-refractivity contribution in [3.05, 3.63) is 0 Å². The van der Waals surface area contributed by atoms with Crippen molar-refractivity contribution in [2.24, 2.45) is 0 Å². The summed E-state index contributed by atoms with van der Waals surface area (Å²) in [5.74, 6) is -1.14. The second-order valence-corrected chi connectivity index (χ2v) is 5.50. The molecule has 0 fully saturated rings. The molecule has 0 saturated carbocycles. The van der Waals surface area contributed by atoms with Gasteiger partial charge in [-0.1, -0.05) is 27.7 Å². The van der Waals surface area contributed by atoms with E-state index < -0.39 is 23.1 Å². The Bertz CT molecular complexity index is 348. The van der Waals surface area contributed by atoms with E-state index in [-0.39, 0.29) is 39.3 Å². The Morgan fingerprint density at radius 3 is 1.21 bits per heavy atom. The van der Waals surface area contributed by atoms with E-state index in [9.17, 15) is 9.59 Å². The second kappa shape index (κ2) is 11.4. The van der Waals surface area contributed by atoms with Crippen LogP contribution in [-0.2, 0) is 28.5 Å². The molecule has 0 aromatic rings. The van der Waals surface area contributed by atoms with Gasteiger partial charge in [-0.25, -0.2) is 9.59 Å². The van der Waals surface area contributed by atoms with Gasteiger partial charge < -0.3 is 18.9 Å². The highest BCUT2D eigenvalue weighted by atomic mass is 16.6. The van der Waals surface area contributed by atoms with Crippen molar-refractivity contribution in [3.8, 4) is 0 Å². The first-order valence-electron chi connectivity index (χ1n) is 9.08. The van der Waals surface area contributed by atoms with Crippen molar-refractivity contribution in [2.45, 2.75) is 78.4 Å². The van der Waals surface area contributed by atoms with E-state index in [2.05, 4.69) is 0 Å². The Morgan fingerprint density at radius 2 is 1.00 bits per heavy atom. The SMILES string of the molecule is CCCOC(=O)C(CC)(OCC)C(CC)(OCC)C(=O)OCCC. The zero-order chi connectivity index (χ0) is 18.6. The van der Waals surface area contributed by atoms with Crippen LogP contribution in [0.3, 0.4) is 0 Å². The summed E-state index contributed by atoms with van der Waals surface area (Å²) in [5.41, 5.74) is -3.04. The van der Waals surface area contributed by atoms with Gasteiger partial charge in [-0.15, -0.1) is 0 Å². The van der Waals surface area contributed by atoms with Gasteiger partial charge in [-0.2, -0.15) is 0 Å². The number of rotatable bonds is 13. The quantitative estimate of drug-likeness (QED) is 0.477. The lowest BCUT2D eigenvalue weighted by Gasteiger charge is -2.44. The zero-order valence-electron chi connectivity index (χ0n) is 16.1. The Hall–Kier alpha value is -1.14. The maximum absolute atomic E-state index is 12.9. The average molecular weight is 346 g/mol. The van der Waals surface area contributed by atoms with Crippen LogP contribution in [0.2, 0.25) is 0 Å². The third-order valence-corrected chi connectivity index (χ3v) is 3.96. The highest BCUT2D eigenvalue weighted by Crippen LogP contribution is 2.39. The van der Waals surface area contributed by atoms with Gasteiger partial charge in [0.2, 0.25) is 11.2 Å². The molecule has 0 spiro atoms. The van der Waals surface area contributed by atoms with Crippen LogP contribution in [0.5, 0.6) is 0 Å². The van der Waals surface area contributed by atoms with E-state index >= 15 is 0 Å². The van der Waals surface area contributed by atoms with Gasteiger partial charge in [0, 0.05) is 13.2 Å². The van der Waals surface area contributed by atoms with Gasteiger partial charge in [0.15, 0.2) is 0 Å². The number of esters is 2. The van der Waals surface area contributed by atoms with Gasteiger partial charge in [0.05, 0.1) is 13.2 Å². The van der Waals surface area contributed by atoms with Crippen LogP contribution in [0, 0.1) is 0 Å². The molecule has 24 heavy (non-hydrogen) atoms. The highest BCUT2D eigenvalue weighted by molar-refractivity contribution is 5.93. The van der Waals surface area contributed by atoms with E-state index in [0.29, 0.717) is 12.8 Å². The molecule has 0 aliphatic heterocycles. The predicted octanol–water partition coefficient (Wildman–Crippen LogP) is 3.26. The minimum Gasteiger partial charge on any atom is -0.463 e. The van der Waals surface area contributed by atoms with Crippen LogP contribution >= 0.6 is 0 Å². The van der Waals surface area contributed by atoms with E-state index in [4.69, 9.17) is 18.9 Å². The standard InChI is InChI=1S/C18H34O6/c1-7-13-21-15(19)17(9-3,23-11-5)18(10-4,24-12-6)16(20)22-14-8-2/h7-14H2,1-6H3. The molecule has 0 amide bonds. The topological polar surface area (TPSA) is 71.1 Å². The summed E-state index contributed by atoms with van der Waals surface area (Å²) in [4.78, 5) is 25.7. The lowest BCUT2D eigenvalue weighted by Crippen LogP contribution is -2.66. The summed E-state index contributed by atoms with van der Waals surface area (Å²) in [7, 11) is 0. The van der Waals surface area contributed by atoms with Crippen molar-refractivity contribution >= 4 is 11.9 Å². The smallest absolute Gasteiger partial charge is 0.342 e. The summed E-state index contributed by atoms with van der Waals surface area (Å²) in [6.07, 6.45) is 1.87. The average Bonchev–Trinajstić information content (AvgIpc) is 2.60. The normalized spacial score (nSPS) is 16.1. The van der Waals surface area contributed by atoms with E-state index in [1.54, 1.807) is 27.7 Å². The van der Waals surface area contributed by atoms with Crippen molar-refractivity contribution in [1.29, 1.82) is 0 Å². The molecule has 0 aliphatic rings. The lowest BCUT2D eigenvalue weighted by atomic mass is 9.77. The van der Waals surface area contributed by atoms with Crippen LogP contribution in [0.25, 0.3) is 0 Å². The summed E-state index contributed by atoms with van der Waals surface area (Å²) in [5, 5.41) is 0. The molecular formula is C18H34O6. The minimum atomic E-state index is -1.52. The van der Waals surface area contributed by atoms with Gasteiger partial charge >= 0.3 is 11.9 Å². The molecule has 0 heterocycles. The van der Waals surface area contributed by atoms with Crippen LogP contribution in [-0.4, -0.2) is 49.6 Å². The number of ether oxygens (including phenoxy) is 4. The molecule has 142 valence electrons. The molecule has 0 saturated heterocycles. The molecule has 0 aromatic carbocycles. The van der Waals surface area contributed by atoms with Crippen LogP contribution in [0.15, 0.2) is 0 Å². The number of hydrogen-bond donors (Lipinski definition) is 0. The Morgan fingerprint density at radius 1 is 0.667 bits per heavy atom. The molecule has 0 aliphatic carbocycles. The molecule has 2 atom stereocenters. The monoisotopic (exact) mass is 346 g/mol. The van der Waals surface area contributed by atoms with Crippen molar-refractivity contribution in [3.63, 3.8) is 0 Å². The molecular weight excluding hydrogens is 312 g/mol. The highest BCUT2D eigenvalue weighted by Gasteiger charge is 2.63. The zero-order valence-corrected chi connectivity index (χ0v) is 16.1. The molecule has 2 unspecified atom stereocenters. The number of carbonyl (C=O) groups is 2. The number of hydrogen-bond acceptors (Lipinski definition) is 6. The summed E-state index contributed by atoms with van der Waals surface area (Å²) >= 11 is 0. The molecule has 0 aromatic heterocycles. The molecule has 6 nitrogen and oxygen atoms in total. The summed E-state index contributed by atoms with van der Waals surface area (Å²) < 4.78 is 22.4. The fraction of sp³-hybridized carbons (Fsp3) is 0.889. The van der Waals surface area contributed by atoms with E-state index in [1.807, 2.05) is 13.8 Å². The van der Waals surface area contributed by atoms with Crippen LogP contribution < -0.4 is 0 Å². The van der Waals surface area contributed by atoms with Crippen molar-refractivity contribution in [2.75, 3.05) is 26.4 Å². The van der Waals surface area contributed by atoms with E-state index in [0.717, 1.165) is 0 Å². The summed E-state index contributed by atoms with van der Waals surface area (Å²) in [6.45, 7) is 12.0. The largest absolute Gasteiger partial charge is 0.463 e. The Labute approximate surface area is 146 Å². The van der Waals surface area contributed by atoms with Crippen LogP contribution in [0.1, 0.15) is 67.2 Å². The lowest BCUT2D eigenvalue weighted by molar-refractivity contribution is -0.237. The van der Waals surface area contributed by atoms with Gasteiger partial charge in [0.1, 0.15) is 0 Å². The Kier molecular flexibility index (Phi) is 10.9. The maximum Gasteiger partial charge on any atom is 0.342 e. The molecule has 0 bridgehead atoms. The van der Waals surface area contributed by atoms with Gasteiger partial charge in [-0.05, 0) is 39.5 Å². The predicted molar refractivity (Wildman–Crippen MR) is 91.8 cm³/mol. The maximum atomic E-state index is 12.9.